The van der Waals surface area contributed by atoms with E-state index in [0.29, 0.717) is 11.7 Å². The lowest BCUT2D eigenvalue weighted by atomic mass is 10.1. The van der Waals surface area contributed by atoms with Crippen molar-refractivity contribution in [2.24, 2.45) is 5.73 Å². The van der Waals surface area contributed by atoms with E-state index in [4.69, 9.17) is 10.3 Å². The Morgan fingerprint density at radius 1 is 1.47 bits per heavy atom. The molecule has 6 heteroatoms. The zero-order valence-electron chi connectivity index (χ0n) is 8.32. The topological polar surface area (TPSA) is 64.9 Å². The van der Waals surface area contributed by atoms with Crippen molar-refractivity contribution in [1.82, 2.24) is 10.1 Å². The number of hydrogen-bond acceptors (Lipinski definition) is 5. The second-order valence-electron chi connectivity index (χ2n) is 3.75. The Balaban J connectivity index is 2.36. The highest BCUT2D eigenvalue weighted by Gasteiger charge is 2.23. The van der Waals surface area contributed by atoms with Crippen molar-refractivity contribution in [1.29, 1.82) is 0 Å². The average molecular weight is 288 g/mol. The van der Waals surface area contributed by atoms with Gasteiger partial charge in [-0.15, -0.1) is 11.3 Å². The number of rotatable bonds is 2. The zero-order chi connectivity index (χ0) is 11.1. The van der Waals surface area contributed by atoms with E-state index in [2.05, 4.69) is 26.1 Å². The standard InChI is InChI=1S/C9H10BrN3OS/c1-9(2,11)8-12-7(13-14-8)5-3-4-6(10)15-5/h3-4H,11H2,1-2H3. The Morgan fingerprint density at radius 2 is 2.20 bits per heavy atom. The lowest BCUT2D eigenvalue weighted by molar-refractivity contribution is 0.312. The smallest absolute Gasteiger partial charge is 0.246 e. The minimum absolute atomic E-state index is 0.446. The fraction of sp³-hybridized carbons (Fsp3) is 0.333. The second-order valence-corrected chi connectivity index (χ2v) is 6.21. The van der Waals surface area contributed by atoms with E-state index in [1.165, 1.54) is 0 Å². The van der Waals surface area contributed by atoms with E-state index in [9.17, 15) is 0 Å². The fourth-order valence-corrected chi connectivity index (χ4v) is 2.33. The molecule has 0 saturated heterocycles. The van der Waals surface area contributed by atoms with Gasteiger partial charge >= 0.3 is 0 Å². The molecule has 0 atom stereocenters. The predicted octanol–water partition coefficient (Wildman–Crippen LogP) is 2.75. The van der Waals surface area contributed by atoms with E-state index >= 15 is 0 Å². The summed E-state index contributed by atoms with van der Waals surface area (Å²) in [5.74, 6) is 1.03. The molecule has 0 bridgehead atoms. The number of nitrogens with two attached hydrogens (primary N) is 1. The SMILES string of the molecule is CC(C)(N)c1nc(-c2ccc(Br)s2)no1. The van der Waals surface area contributed by atoms with Crippen LogP contribution in [0.1, 0.15) is 19.7 Å². The van der Waals surface area contributed by atoms with E-state index < -0.39 is 5.54 Å². The van der Waals surface area contributed by atoms with Crippen LogP contribution >= 0.6 is 27.3 Å². The largest absolute Gasteiger partial charge is 0.337 e. The molecule has 2 N–H and O–H groups in total. The van der Waals surface area contributed by atoms with Gasteiger partial charge in [-0.2, -0.15) is 4.98 Å². The maximum Gasteiger partial charge on any atom is 0.246 e. The summed E-state index contributed by atoms with van der Waals surface area (Å²) in [6, 6.07) is 3.89. The molecule has 4 nitrogen and oxygen atoms in total. The summed E-state index contributed by atoms with van der Waals surface area (Å²) in [6.07, 6.45) is 0. The highest BCUT2D eigenvalue weighted by atomic mass is 79.9. The van der Waals surface area contributed by atoms with Gasteiger partial charge in [-0.1, -0.05) is 5.16 Å². The predicted molar refractivity (Wildman–Crippen MR) is 62.5 cm³/mol. The molecule has 0 amide bonds. The lowest BCUT2D eigenvalue weighted by Crippen LogP contribution is -2.28. The van der Waals surface area contributed by atoms with Crippen molar-refractivity contribution in [3.8, 4) is 10.7 Å². The minimum Gasteiger partial charge on any atom is -0.337 e. The van der Waals surface area contributed by atoms with Crippen LogP contribution in [-0.2, 0) is 5.54 Å². The maximum atomic E-state index is 5.85. The summed E-state index contributed by atoms with van der Waals surface area (Å²) in [4.78, 5) is 5.21. The molecular weight excluding hydrogens is 278 g/mol. The number of thiophene rings is 1. The highest BCUT2D eigenvalue weighted by molar-refractivity contribution is 9.11. The molecule has 0 aliphatic rings. The third kappa shape index (κ3) is 2.27. The van der Waals surface area contributed by atoms with Gasteiger partial charge in [-0.05, 0) is 41.9 Å². The monoisotopic (exact) mass is 287 g/mol. The Bertz CT molecular complexity index is 472. The second kappa shape index (κ2) is 3.70. The molecule has 80 valence electrons. The summed E-state index contributed by atoms with van der Waals surface area (Å²) >= 11 is 4.94. The minimum atomic E-state index is -0.597. The van der Waals surface area contributed by atoms with E-state index in [1.807, 2.05) is 26.0 Å². The summed E-state index contributed by atoms with van der Waals surface area (Å²) in [7, 11) is 0. The van der Waals surface area contributed by atoms with Crippen molar-refractivity contribution in [3.05, 3.63) is 21.8 Å². The fourth-order valence-electron chi connectivity index (χ4n) is 1.02. The number of halogens is 1. The molecule has 15 heavy (non-hydrogen) atoms. The molecule has 0 fully saturated rings. The van der Waals surface area contributed by atoms with Crippen LogP contribution in [0.15, 0.2) is 20.4 Å². The Morgan fingerprint density at radius 3 is 2.67 bits per heavy atom. The third-order valence-electron chi connectivity index (χ3n) is 1.77. The van der Waals surface area contributed by atoms with Gasteiger partial charge in [0, 0.05) is 0 Å². The number of aromatic nitrogens is 2. The Hall–Kier alpha value is -0.720. The van der Waals surface area contributed by atoms with E-state index in [-0.39, 0.29) is 0 Å². The van der Waals surface area contributed by atoms with Crippen molar-refractivity contribution in [3.63, 3.8) is 0 Å². The van der Waals surface area contributed by atoms with Gasteiger partial charge in [0.05, 0.1) is 14.2 Å². The van der Waals surface area contributed by atoms with Crippen molar-refractivity contribution in [2.45, 2.75) is 19.4 Å². The van der Waals surface area contributed by atoms with E-state index in [0.717, 1.165) is 8.66 Å². The highest BCUT2D eigenvalue weighted by Crippen LogP contribution is 2.30. The average Bonchev–Trinajstić information content (AvgIpc) is 2.69. The molecule has 0 aromatic carbocycles. The van der Waals surface area contributed by atoms with Crippen molar-refractivity contribution >= 4 is 27.3 Å². The maximum absolute atomic E-state index is 5.85. The first-order valence-corrected chi connectivity index (χ1v) is 5.96. The van der Waals surface area contributed by atoms with Crippen LogP contribution in [0, 0.1) is 0 Å². The first kappa shape index (κ1) is 10.8. The van der Waals surface area contributed by atoms with Gasteiger partial charge in [-0.25, -0.2) is 0 Å². The molecule has 0 spiro atoms. The summed E-state index contributed by atoms with van der Waals surface area (Å²) < 4.78 is 6.14. The van der Waals surface area contributed by atoms with Gasteiger partial charge in [0.2, 0.25) is 11.7 Å². The zero-order valence-corrected chi connectivity index (χ0v) is 10.7. The first-order valence-electron chi connectivity index (χ1n) is 4.35. The molecule has 0 radical (unpaired) electrons. The van der Waals surface area contributed by atoms with Gasteiger partial charge in [-0.3, -0.25) is 0 Å². The van der Waals surface area contributed by atoms with Crippen molar-refractivity contribution < 1.29 is 4.52 Å². The molecule has 0 aliphatic carbocycles. The molecular formula is C9H10BrN3OS. The lowest BCUT2D eigenvalue weighted by Gasteiger charge is -2.10. The molecule has 2 aromatic heterocycles. The van der Waals surface area contributed by atoms with Crippen LogP contribution in [0.2, 0.25) is 0 Å². The number of hydrogen-bond donors (Lipinski definition) is 1. The molecule has 0 saturated carbocycles. The van der Waals surface area contributed by atoms with Crippen LogP contribution < -0.4 is 5.73 Å². The van der Waals surface area contributed by atoms with Gasteiger partial charge in [0.15, 0.2) is 0 Å². The van der Waals surface area contributed by atoms with Crippen LogP contribution in [-0.4, -0.2) is 10.1 Å². The van der Waals surface area contributed by atoms with Gasteiger partial charge in [0.25, 0.3) is 0 Å². The van der Waals surface area contributed by atoms with Crippen LogP contribution in [0.5, 0.6) is 0 Å². The number of nitrogens with zero attached hydrogens (tertiary/aromatic N) is 2. The molecule has 2 heterocycles. The van der Waals surface area contributed by atoms with Crippen LogP contribution in [0.25, 0.3) is 10.7 Å². The van der Waals surface area contributed by atoms with Crippen molar-refractivity contribution in [2.75, 3.05) is 0 Å². The van der Waals surface area contributed by atoms with Gasteiger partial charge in [0.1, 0.15) is 0 Å². The van der Waals surface area contributed by atoms with E-state index in [1.54, 1.807) is 11.3 Å². The summed E-state index contributed by atoms with van der Waals surface area (Å²) in [5.41, 5.74) is 5.25. The van der Waals surface area contributed by atoms with Gasteiger partial charge < -0.3 is 10.3 Å². The quantitative estimate of drug-likeness (QED) is 0.922. The molecule has 2 aromatic rings. The van der Waals surface area contributed by atoms with Crippen LogP contribution in [0.3, 0.4) is 0 Å². The molecule has 2 rings (SSSR count). The summed E-state index contributed by atoms with van der Waals surface area (Å²) in [5, 5.41) is 3.89. The molecule has 0 aliphatic heterocycles. The Labute approximate surface area is 99.6 Å². The third-order valence-corrected chi connectivity index (χ3v) is 3.39. The van der Waals surface area contributed by atoms with Crippen LogP contribution in [0.4, 0.5) is 0 Å². The normalized spacial score (nSPS) is 12.0. The molecule has 0 unspecified atom stereocenters. The first-order chi connectivity index (χ1) is 6.97. The summed E-state index contributed by atoms with van der Waals surface area (Å²) in [6.45, 7) is 3.66. The Kier molecular flexibility index (Phi) is 2.66.